The van der Waals surface area contributed by atoms with E-state index in [1.165, 1.54) is 12.1 Å². The van der Waals surface area contributed by atoms with Gasteiger partial charge in [-0.3, -0.25) is 5.43 Å². The second-order valence-electron chi connectivity index (χ2n) is 3.18. The minimum absolute atomic E-state index is 0.257. The first kappa shape index (κ1) is 12.6. The fourth-order valence-corrected chi connectivity index (χ4v) is 1.28. The second-order valence-corrected chi connectivity index (χ2v) is 3.58. The lowest BCUT2D eigenvalue weighted by molar-refractivity contribution is 0.628. The first-order chi connectivity index (χ1) is 7.63. The molecule has 1 aromatic carbocycles. The molecule has 0 bridgehead atoms. The summed E-state index contributed by atoms with van der Waals surface area (Å²) in [5.74, 6) is -0.257. The highest BCUT2D eigenvalue weighted by atomic mass is 32.1. The number of halogens is 1. The van der Waals surface area contributed by atoms with Crippen molar-refractivity contribution in [2.45, 2.75) is 13.8 Å². The third-order valence-electron chi connectivity index (χ3n) is 1.92. The van der Waals surface area contributed by atoms with E-state index in [0.29, 0.717) is 5.11 Å². The van der Waals surface area contributed by atoms with Gasteiger partial charge in [0.25, 0.3) is 0 Å². The minimum Gasteiger partial charge on any atom is -0.362 e. The lowest BCUT2D eigenvalue weighted by atomic mass is 10.1. The van der Waals surface area contributed by atoms with E-state index < -0.39 is 0 Å². The Morgan fingerprint density at radius 1 is 1.38 bits per heavy atom. The molecule has 0 saturated heterocycles. The molecule has 0 aliphatic carbocycles. The molecule has 1 rings (SSSR count). The molecule has 0 atom stereocenters. The molecule has 2 N–H and O–H groups in total. The van der Waals surface area contributed by atoms with Crippen LogP contribution >= 0.6 is 12.2 Å². The molecule has 0 aliphatic heterocycles. The maximum absolute atomic E-state index is 12.7. The summed E-state index contributed by atoms with van der Waals surface area (Å²) in [5, 5.41) is 7.47. The summed E-state index contributed by atoms with van der Waals surface area (Å²) in [5.41, 5.74) is 4.32. The average molecular weight is 239 g/mol. The molecule has 0 radical (unpaired) electrons. The summed E-state index contributed by atoms with van der Waals surface area (Å²) in [6.45, 7) is 4.52. The summed E-state index contributed by atoms with van der Waals surface area (Å²) < 4.78 is 12.7. The lowest BCUT2D eigenvalue weighted by Gasteiger charge is -2.05. The van der Waals surface area contributed by atoms with Gasteiger partial charge in [0, 0.05) is 6.54 Å². The minimum atomic E-state index is -0.257. The summed E-state index contributed by atoms with van der Waals surface area (Å²) >= 11 is 4.95. The molecular weight excluding hydrogens is 225 g/mol. The van der Waals surface area contributed by atoms with E-state index >= 15 is 0 Å². The molecule has 0 fully saturated rings. The number of rotatable bonds is 3. The van der Waals surface area contributed by atoms with Crippen LogP contribution in [0.2, 0.25) is 0 Å². The standard InChI is InChI=1S/C11H14FN3S/c1-3-13-11(16)15-14-8(2)9-4-6-10(12)7-5-9/h4-7H,3H2,1-2H3,(H2,13,15,16)/b14-8-. The summed E-state index contributed by atoms with van der Waals surface area (Å²) in [6.07, 6.45) is 0. The number of thiocarbonyl (C=S) groups is 1. The van der Waals surface area contributed by atoms with Crippen LogP contribution in [0.1, 0.15) is 19.4 Å². The van der Waals surface area contributed by atoms with Gasteiger partial charge in [-0.2, -0.15) is 5.10 Å². The van der Waals surface area contributed by atoms with Crippen LogP contribution in [-0.4, -0.2) is 17.4 Å². The zero-order valence-corrected chi connectivity index (χ0v) is 10.1. The molecule has 1 aromatic rings. The molecular formula is C11H14FN3S. The molecule has 0 amide bonds. The van der Waals surface area contributed by atoms with Crippen LogP contribution in [0.5, 0.6) is 0 Å². The van der Waals surface area contributed by atoms with E-state index in [4.69, 9.17) is 12.2 Å². The van der Waals surface area contributed by atoms with Crippen LogP contribution in [-0.2, 0) is 0 Å². The maximum atomic E-state index is 12.7. The van der Waals surface area contributed by atoms with Crippen LogP contribution in [0, 0.1) is 5.82 Å². The predicted molar refractivity (Wildman–Crippen MR) is 68.0 cm³/mol. The van der Waals surface area contributed by atoms with Crippen molar-refractivity contribution in [3.05, 3.63) is 35.6 Å². The molecule has 16 heavy (non-hydrogen) atoms. The zero-order valence-electron chi connectivity index (χ0n) is 9.25. The highest BCUT2D eigenvalue weighted by Gasteiger charge is 1.98. The molecule has 0 saturated carbocycles. The summed E-state index contributed by atoms with van der Waals surface area (Å²) in [4.78, 5) is 0. The van der Waals surface area contributed by atoms with Gasteiger partial charge in [-0.15, -0.1) is 0 Å². The number of hydrogen-bond acceptors (Lipinski definition) is 2. The van der Waals surface area contributed by atoms with Gasteiger partial charge in [0.2, 0.25) is 0 Å². The first-order valence-corrected chi connectivity index (χ1v) is 5.38. The Morgan fingerprint density at radius 2 is 2.00 bits per heavy atom. The van der Waals surface area contributed by atoms with E-state index in [2.05, 4.69) is 15.8 Å². The van der Waals surface area contributed by atoms with Gasteiger partial charge < -0.3 is 5.32 Å². The van der Waals surface area contributed by atoms with Crippen molar-refractivity contribution in [3.63, 3.8) is 0 Å². The van der Waals surface area contributed by atoms with Crippen LogP contribution in [0.4, 0.5) is 4.39 Å². The Bertz CT molecular complexity index is 387. The lowest BCUT2D eigenvalue weighted by Crippen LogP contribution is -2.32. The topological polar surface area (TPSA) is 36.4 Å². The fraction of sp³-hybridized carbons (Fsp3) is 0.273. The van der Waals surface area contributed by atoms with E-state index in [-0.39, 0.29) is 5.82 Å². The van der Waals surface area contributed by atoms with Crippen molar-refractivity contribution in [1.29, 1.82) is 0 Å². The van der Waals surface area contributed by atoms with Gasteiger partial charge in [-0.05, 0) is 43.8 Å². The Hall–Kier alpha value is -1.49. The van der Waals surface area contributed by atoms with Crippen molar-refractivity contribution in [2.24, 2.45) is 5.10 Å². The Balaban J connectivity index is 2.63. The monoisotopic (exact) mass is 239 g/mol. The molecule has 3 nitrogen and oxygen atoms in total. The van der Waals surface area contributed by atoms with Crippen molar-refractivity contribution >= 4 is 23.0 Å². The molecule has 5 heteroatoms. The van der Waals surface area contributed by atoms with Gasteiger partial charge in [0.05, 0.1) is 5.71 Å². The van der Waals surface area contributed by atoms with Gasteiger partial charge in [0.1, 0.15) is 5.82 Å². The maximum Gasteiger partial charge on any atom is 0.186 e. The molecule has 0 aliphatic rings. The third kappa shape index (κ3) is 3.94. The van der Waals surface area contributed by atoms with E-state index in [1.54, 1.807) is 12.1 Å². The molecule has 0 unspecified atom stereocenters. The van der Waals surface area contributed by atoms with Crippen molar-refractivity contribution in [3.8, 4) is 0 Å². The van der Waals surface area contributed by atoms with Gasteiger partial charge in [-0.25, -0.2) is 4.39 Å². The first-order valence-electron chi connectivity index (χ1n) is 4.97. The Morgan fingerprint density at radius 3 is 2.56 bits per heavy atom. The van der Waals surface area contributed by atoms with Gasteiger partial charge in [0.15, 0.2) is 5.11 Å². The summed E-state index contributed by atoms with van der Waals surface area (Å²) in [7, 11) is 0. The zero-order chi connectivity index (χ0) is 12.0. The highest BCUT2D eigenvalue weighted by molar-refractivity contribution is 7.80. The van der Waals surface area contributed by atoms with Crippen molar-refractivity contribution in [1.82, 2.24) is 10.7 Å². The average Bonchev–Trinajstić information content (AvgIpc) is 2.27. The van der Waals surface area contributed by atoms with Crippen LogP contribution < -0.4 is 10.7 Å². The van der Waals surface area contributed by atoms with Crippen LogP contribution in [0.3, 0.4) is 0 Å². The molecule has 0 heterocycles. The molecule has 86 valence electrons. The Kier molecular flexibility index (Phi) is 4.85. The van der Waals surface area contributed by atoms with Crippen molar-refractivity contribution < 1.29 is 4.39 Å². The molecule has 0 spiro atoms. The second kappa shape index (κ2) is 6.17. The number of hydrogen-bond donors (Lipinski definition) is 2. The third-order valence-corrected chi connectivity index (χ3v) is 2.16. The number of hydrazone groups is 1. The highest BCUT2D eigenvalue weighted by Crippen LogP contribution is 2.03. The SMILES string of the molecule is CCNC(=S)N/N=C(/C)c1ccc(F)cc1. The normalized spacial score (nSPS) is 11.1. The van der Waals surface area contributed by atoms with Crippen LogP contribution in [0.15, 0.2) is 29.4 Å². The van der Waals surface area contributed by atoms with E-state index in [9.17, 15) is 4.39 Å². The van der Waals surface area contributed by atoms with Gasteiger partial charge >= 0.3 is 0 Å². The smallest absolute Gasteiger partial charge is 0.186 e. The number of nitrogens with one attached hydrogen (secondary N) is 2. The van der Waals surface area contributed by atoms with E-state index in [0.717, 1.165) is 17.8 Å². The van der Waals surface area contributed by atoms with E-state index in [1.807, 2.05) is 13.8 Å². The molecule has 0 aromatic heterocycles. The number of nitrogens with zero attached hydrogens (tertiary/aromatic N) is 1. The summed E-state index contributed by atoms with van der Waals surface area (Å²) in [6, 6.07) is 6.15. The number of benzene rings is 1. The van der Waals surface area contributed by atoms with Gasteiger partial charge in [-0.1, -0.05) is 12.1 Å². The van der Waals surface area contributed by atoms with Crippen molar-refractivity contribution in [2.75, 3.05) is 6.54 Å². The quantitative estimate of drug-likeness (QED) is 0.481. The fourth-order valence-electron chi connectivity index (χ4n) is 1.09. The Labute approximate surface area is 99.7 Å². The predicted octanol–water partition coefficient (Wildman–Crippen LogP) is 2.03. The van der Waals surface area contributed by atoms with Crippen LogP contribution in [0.25, 0.3) is 0 Å². The largest absolute Gasteiger partial charge is 0.362 e.